The van der Waals surface area contributed by atoms with Crippen molar-refractivity contribution in [3.05, 3.63) is 64.8 Å². The minimum Gasteiger partial charge on any atom is -0.387 e. The number of aliphatic hydroxyl groups excluding tert-OH is 1. The third-order valence-electron chi connectivity index (χ3n) is 3.51. The van der Waals surface area contributed by atoms with Crippen LogP contribution in [0.2, 0.25) is 0 Å². The summed E-state index contributed by atoms with van der Waals surface area (Å²) >= 11 is 1.24. The summed E-state index contributed by atoms with van der Waals surface area (Å²) in [6, 6.07) is 11.1. The Morgan fingerprint density at radius 2 is 2.20 bits per heavy atom. The molecule has 2 heterocycles. The lowest BCUT2D eigenvalue weighted by Gasteiger charge is -2.13. The molecule has 2 aromatic heterocycles. The highest BCUT2D eigenvalue weighted by Crippen LogP contribution is 2.16. The molecule has 0 radical (unpaired) electrons. The molecule has 0 fully saturated rings. The summed E-state index contributed by atoms with van der Waals surface area (Å²) in [6.07, 6.45) is 0.833. The average molecular weight is 355 g/mol. The van der Waals surface area contributed by atoms with Crippen molar-refractivity contribution in [2.24, 2.45) is 0 Å². The van der Waals surface area contributed by atoms with Crippen LogP contribution in [0, 0.1) is 6.92 Å². The summed E-state index contributed by atoms with van der Waals surface area (Å²) in [5, 5.41) is 23.8. The number of aliphatic hydroxyl groups is 1. The molecular formula is C17H17N5O2S. The average Bonchev–Trinajstić information content (AvgIpc) is 3.13. The molecule has 0 bridgehead atoms. The summed E-state index contributed by atoms with van der Waals surface area (Å²) in [4.78, 5) is 16.2. The number of nitrogens with one attached hydrogen (secondary N) is 2. The maximum Gasteiger partial charge on any atom is 0.259 e. The van der Waals surface area contributed by atoms with Gasteiger partial charge in [0, 0.05) is 12.7 Å². The highest BCUT2D eigenvalue weighted by Gasteiger charge is 2.10. The minimum atomic E-state index is -0.637. The van der Waals surface area contributed by atoms with Crippen LogP contribution in [0.25, 0.3) is 0 Å². The molecule has 3 aromatic rings. The molecule has 0 saturated heterocycles. The number of carbonyl (C=O) groups excluding carboxylic acids is 1. The van der Waals surface area contributed by atoms with Gasteiger partial charge in [-0.2, -0.15) is 0 Å². The van der Waals surface area contributed by atoms with E-state index in [4.69, 9.17) is 0 Å². The number of hydrogen-bond donors (Lipinski definition) is 3. The van der Waals surface area contributed by atoms with Gasteiger partial charge in [-0.25, -0.2) is 4.98 Å². The van der Waals surface area contributed by atoms with Crippen LogP contribution < -0.4 is 10.6 Å². The fourth-order valence-corrected chi connectivity index (χ4v) is 2.67. The Morgan fingerprint density at radius 1 is 1.32 bits per heavy atom. The second-order valence-corrected chi connectivity index (χ2v) is 6.27. The first-order valence-corrected chi connectivity index (χ1v) is 8.52. The number of anilines is 2. The third-order valence-corrected chi connectivity index (χ3v) is 4.12. The Hall–Kier alpha value is -2.84. The molecule has 7 nitrogen and oxygen atoms in total. The van der Waals surface area contributed by atoms with Crippen LogP contribution in [0.5, 0.6) is 0 Å². The van der Waals surface area contributed by atoms with Gasteiger partial charge in [-0.15, -0.1) is 10.2 Å². The maximum absolute atomic E-state index is 12.0. The van der Waals surface area contributed by atoms with E-state index in [9.17, 15) is 9.90 Å². The van der Waals surface area contributed by atoms with Gasteiger partial charge in [-0.05, 0) is 24.6 Å². The Kier molecular flexibility index (Phi) is 5.32. The van der Waals surface area contributed by atoms with Crippen LogP contribution in [0.4, 0.5) is 10.9 Å². The van der Waals surface area contributed by atoms with Gasteiger partial charge in [0.05, 0.1) is 11.7 Å². The first-order chi connectivity index (χ1) is 12.1. The van der Waals surface area contributed by atoms with Gasteiger partial charge in [0.25, 0.3) is 5.91 Å². The van der Waals surface area contributed by atoms with Crippen molar-refractivity contribution in [2.75, 3.05) is 17.2 Å². The summed E-state index contributed by atoms with van der Waals surface area (Å²) in [6.45, 7) is 2.31. The monoisotopic (exact) mass is 355 g/mol. The van der Waals surface area contributed by atoms with Crippen LogP contribution >= 0.6 is 11.3 Å². The highest BCUT2D eigenvalue weighted by molar-refractivity contribution is 7.13. The topological polar surface area (TPSA) is 100 Å². The van der Waals surface area contributed by atoms with Crippen molar-refractivity contribution in [2.45, 2.75) is 13.0 Å². The number of rotatable bonds is 6. The van der Waals surface area contributed by atoms with Gasteiger partial charge < -0.3 is 10.4 Å². The number of aryl methyl sites for hydroxylation is 1. The Labute approximate surface area is 148 Å². The van der Waals surface area contributed by atoms with E-state index < -0.39 is 6.10 Å². The predicted octanol–water partition coefficient (Wildman–Crippen LogP) is 2.64. The van der Waals surface area contributed by atoms with E-state index in [1.54, 1.807) is 17.6 Å². The maximum atomic E-state index is 12.0. The number of aromatic nitrogens is 3. The lowest BCUT2D eigenvalue weighted by atomic mass is 10.1. The van der Waals surface area contributed by atoms with E-state index >= 15 is 0 Å². The largest absolute Gasteiger partial charge is 0.387 e. The lowest BCUT2D eigenvalue weighted by molar-refractivity contribution is 0.102. The lowest BCUT2D eigenvalue weighted by Crippen LogP contribution is -2.14. The normalized spacial score (nSPS) is 11.8. The van der Waals surface area contributed by atoms with Crippen LogP contribution in [-0.4, -0.2) is 32.7 Å². The number of nitrogens with zero attached hydrogens (tertiary/aromatic N) is 3. The molecule has 1 amide bonds. The zero-order valence-corrected chi connectivity index (χ0v) is 14.3. The van der Waals surface area contributed by atoms with Gasteiger partial charge in [0.1, 0.15) is 11.3 Å². The molecule has 0 aliphatic heterocycles. The van der Waals surface area contributed by atoms with E-state index in [2.05, 4.69) is 25.8 Å². The molecule has 0 aliphatic carbocycles. The number of hydrogen-bond acceptors (Lipinski definition) is 7. The van der Waals surface area contributed by atoms with Crippen molar-refractivity contribution < 1.29 is 9.90 Å². The van der Waals surface area contributed by atoms with Crippen molar-refractivity contribution in [1.29, 1.82) is 0 Å². The SMILES string of the molecule is Cc1cccc(C(O)CNc2ccc(C(=O)Nc3nncs3)cn2)c1. The van der Waals surface area contributed by atoms with Crippen LogP contribution in [0.15, 0.2) is 48.1 Å². The molecular weight excluding hydrogens is 338 g/mol. The smallest absolute Gasteiger partial charge is 0.259 e. The van der Waals surface area contributed by atoms with E-state index in [-0.39, 0.29) is 5.91 Å². The summed E-state index contributed by atoms with van der Waals surface area (Å²) < 4.78 is 0. The van der Waals surface area contributed by atoms with Gasteiger partial charge in [0.2, 0.25) is 5.13 Å². The molecule has 1 atom stereocenters. The van der Waals surface area contributed by atoms with E-state index in [1.807, 2.05) is 31.2 Å². The molecule has 3 N–H and O–H groups in total. The van der Waals surface area contributed by atoms with Crippen molar-refractivity contribution in [1.82, 2.24) is 15.2 Å². The molecule has 3 rings (SSSR count). The van der Waals surface area contributed by atoms with Crippen molar-refractivity contribution >= 4 is 28.2 Å². The standard InChI is InChI=1S/C17H17N5O2S/c1-11-3-2-4-12(7-11)14(23)9-19-15-6-5-13(8-18-15)16(24)21-17-22-20-10-25-17/h2-8,10,14,23H,9H2,1H3,(H,18,19)(H,21,22,24). The Morgan fingerprint density at radius 3 is 2.88 bits per heavy atom. The molecule has 25 heavy (non-hydrogen) atoms. The second-order valence-electron chi connectivity index (χ2n) is 5.44. The van der Waals surface area contributed by atoms with Crippen LogP contribution in [0.3, 0.4) is 0 Å². The molecule has 0 saturated carbocycles. The predicted molar refractivity (Wildman–Crippen MR) is 96.7 cm³/mol. The molecule has 128 valence electrons. The number of carbonyl (C=O) groups is 1. The highest BCUT2D eigenvalue weighted by atomic mass is 32.1. The van der Waals surface area contributed by atoms with Crippen LogP contribution in [-0.2, 0) is 0 Å². The molecule has 0 aliphatic rings. The van der Waals surface area contributed by atoms with E-state index in [0.29, 0.717) is 23.1 Å². The zero-order valence-electron chi connectivity index (χ0n) is 13.5. The molecule has 1 unspecified atom stereocenters. The van der Waals surface area contributed by atoms with E-state index in [0.717, 1.165) is 11.1 Å². The number of benzene rings is 1. The summed E-state index contributed by atoms with van der Waals surface area (Å²) in [5.41, 5.74) is 3.90. The van der Waals surface area contributed by atoms with Crippen molar-refractivity contribution in [3.63, 3.8) is 0 Å². The van der Waals surface area contributed by atoms with Gasteiger partial charge in [-0.3, -0.25) is 10.1 Å². The van der Waals surface area contributed by atoms with Gasteiger partial charge in [0.15, 0.2) is 0 Å². The van der Waals surface area contributed by atoms with Gasteiger partial charge >= 0.3 is 0 Å². The summed E-state index contributed by atoms with van der Waals surface area (Å²) in [7, 11) is 0. The van der Waals surface area contributed by atoms with Crippen molar-refractivity contribution in [3.8, 4) is 0 Å². The molecule has 8 heteroatoms. The fraction of sp³-hybridized carbons (Fsp3) is 0.176. The molecule has 0 spiro atoms. The molecule has 1 aromatic carbocycles. The summed E-state index contributed by atoms with van der Waals surface area (Å²) in [5.74, 6) is 0.287. The zero-order chi connectivity index (χ0) is 17.6. The first-order valence-electron chi connectivity index (χ1n) is 7.64. The van der Waals surface area contributed by atoms with Crippen LogP contribution in [0.1, 0.15) is 27.6 Å². The Bertz CT molecular complexity index is 837. The van der Waals surface area contributed by atoms with E-state index in [1.165, 1.54) is 17.5 Å². The first kappa shape index (κ1) is 17.0. The quantitative estimate of drug-likeness (QED) is 0.628. The third kappa shape index (κ3) is 4.59. The Balaban J connectivity index is 1.56. The minimum absolute atomic E-state index is 0.296. The number of pyridine rings is 1. The fourth-order valence-electron chi connectivity index (χ4n) is 2.23. The second kappa shape index (κ2) is 7.82. The number of amides is 1. The van der Waals surface area contributed by atoms with Gasteiger partial charge in [-0.1, -0.05) is 41.2 Å².